The van der Waals surface area contributed by atoms with E-state index < -0.39 is 0 Å². The van der Waals surface area contributed by atoms with Crippen molar-refractivity contribution in [3.05, 3.63) is 58.3 Å². The molecule has 0 spiro atoms. The minimum Gasteiger partial charge on any atom is -0.356 e. The fourth-order valence-corrected chi connectivity index (χ4v) is 5.24. The Morgan fingerprint density at radius 2 is 1.86 bits per heavy atom. The number of benzene rings is 1. The zero-order chi connectivity index (χ0) is 19.2. The van der Waals surface area contributed by atoms with Crippen LogP contribution in [-0.2, 0) is 6.54 Å². The zero-order valence-corrected chi connectivity index (χ0v) is 20.4. The highest BCUT2D eigenvalue weighted by atomic mass is 127. The molecular formula is C23H33IN4S. The molecule has 1 N–H and O–H groups in total. The molecule has 6 heteroatoms. The lowest BCUT2D eigenvalue weighted by atomic mass is 9.97. The Hall–Kier alpha value is -1.12. The molecule has 0 saturated carbocycles. The second-order valence-electron chi connectivity index (χ2n) is 8.07. The summed E-state index contributed by atoms with van der Waals surface area (Å²) >= 11 is 1.87. The first-order valence-electron chi connectivity index (χ1n) is 10.6. The molecule has 1 atom stereocenters. The minimum absolute atomic E-state index is 0. The van der Waals surface area contributed by atoms with Crippen LogP contribution in [0.3, 0.4) is 0 Å². The summed E-state index contributed by atoms with van der Waals surface area (Å²) in [6, 6.07) is 15.3. The average Bonchev–Trinajstić information content (AvgIpc) is 3.43. The summed E-state index contributed by atoms with van der Waals surface area (Å²) in [6.45, 7) is 6.76. The Kier molecular flexibility index (Phi) is 8.81. The van der Waals surface area contributed by atoms with E-state index in [1.165, 1.54) is 42.8 Å². The highest BCUT2D eigenvalue weighted by Gasteiger charge is 2.26. The van der Waals surface area contributed by atoms with Crippen molar-refractivity contribution in [1.29, 1.82) is 0 Å². The molecule has 29 heavy (non-hydrogen) atoms. The van der Waals surface area contributed by atoms with E-state index >= 15 is 0 Å². The molecule has 3 heterocycles. The average molecular weight is 525 g/mol. The maximum Gasteiger partial charge on any atom is 0.193 e. The van der Waals surface area contributed by atoms with Gasteiger partial charge in [0.05, 0.1) is 0 Å². The molecule has 0 amide bonds. The number of hydrogen-bond donors (Lipinski definition) is 1. The van der Waals surface area contributed by atoms with Gasteiger partial charge in [-0.3, -0.25) is 9.89 Å². The van der Waals surface area contributed by atoms with Crippen molar-refractivity contribution in [3.8, 4) is 0 Å². The molecule has 2 aliphatic rings. The predicted octanol–water partition coefficient (Wildman–Crippen LogP) is 4.64. The molecule has 2 saturated heterocycles. The van der Waals surface area contributed by atoms with Crippen LogP contribution >= 0.6 is 35.3 Å². The van der Waals surface area contributed by atoms with E-state index in [1.54, 1.807) is 0 Å². The van der Waals surface area contributed by atoms with Crippen molar-refractivity contribution < 1.29 is 0 Å². The van der Waals surface area contributed by atoms with Gasteiger partial charge in [-0.25, -0.2) is 0 Å². The number of hydrogen-bond acceptors (Lipinski definition) is 3. The maximum absolute atomic E-state index is 4.57. The quantitative estimate of drug-likeness (QED) is 0.351. The van der Waals surface area contributed by atoms with E-state index in [-0.39, 0.29) is 24.0 Å². The molecule has 0 aliphatic carbocycles. The topological polar surface area (TPSA) is 30.9 Å². The number of likely N-dealkylation sites (tertiary alicyclic amines) is 2. The summed E-state index contributed by atoms with van der Waals surface area (Å²) in [5.41, 5.74) is 1.46. The molecule has 2 aliphatic heterocycles. The third-order valence-electron chi connectivity index (χ3n) is 6.19. The number of guanidine groups is 1. The summed E-state index contributed by atoms with van der Waals surface area (Å²) in [6.07, 6.45) is 3.77. The van der Waals surface area contributed by atoms with Crippen molar-refractivity contribution >= 4 is 41.3 Å². The van der Waals surface area contributed by atoms with E-state index in [9.17, 15) is 0 Å². The zero-order valence-electron chi connectivity index (χ0n) is 17.3. The molecule has 1 aromatic carbocycles. The van der Waals surface area contributed by atoms with Gasteiger partial charge < -0.3 is 10.2 Å². The van der Waals surface area contributed by atoms with Gasteiger partial charge in [0, 0.05) is 44.0 Å². The van der Waals surface area contributed by atoms with E-state index in [2.05, 4.69) is 68.0 Å². The van der Waals surface area contributed by atoms with Crippen LogP contribution in [-0.4, -0.2) is 55.5 Å². The van der Waals surface area contributed by atoms with Crippen molar-refractivity contribution in [2.24, 2.45) is 10.9 Å². The van der Waals surface area contributed by atoms with Crippen LogP contribution in [0.15, 0.2) is 52.8 Å². The lowest BCUT2D eigenvalue weighted by molar-refractivity contribution is 0.179. The summed E-state index contributed by atoms with van der Waals surface area (Å²) < 4.78 is 0. The molecule has 0 radical (unpaired) electrons. The molecule has 0 bridgehead atoms. The van der Waals surface area contributed by atoms with Gasteiger partial charge in [0.15, 0.2) is 5.96 Å². The SMILES string of the molecule is CN=C(NCC1CCN(Cc2cccs2)CC1)N1CCC(c2ccccc2)C1.I. The van der Waals surface area contributed by atoms with E-state index in [0.717, 1.165) is 38.1 Å². The van der Waals surface area contributed by atoms with Gasteiger partial charge in [-0.1, -0.05) is 36.4 Å². The van der Waals surface area contributed by atoms with Crippen molar-refractivity contribution in [2.45, 2.75) is 31.7 Å². The first kappa shape index (κ1) is 22.6. The Bertz CT molecular complexity index is 742. The minimum atomic E-state index is 0. The van der Waals surface area contributed by atoms with Crippen LogP contribution in [0.2, 0.25) is 0 Å². The predicted molar refractivity (Wildman–Crippen MR) is 134 cm³/mol. The molecule has 4 nitrogen and oxygen atoms in total. The highest BCUT2D eigenvalue weighted by Crippen LogP contribution is 2.27. The molecular weight excluding hydrogens is 491 g/mol. The lowest BCUT2D eigenvalue weighted by Gasteiger charge is -2.32. The van der Waals surface area contributed by atoms with Crippen LogP contribution in [0.25, 0.3) is 0 Å². The first-order valence-corrected chi connectivity index (χ1v) is 11.4. The van der Waals surface area contributed by atoms with Gasteiger partial charge in [0.2, 0.25) is 0 Å². The third kappa shape index (κ3) is 6.18. The number of piperidine rings is 1. The second kappa shape index (κ2) is 11.3. The van der Waals surface area contributed by atoms with Gasteiger partial charge in [-0.15, -0.1) is 35.3 Å². The van der Waals surface area contributed by atoms with E-state index in [1.807, 2.05) is 18.4 Å². The number of thiophene rings is 1. The summed E-state index contributed by atoms with van der Waals surface area (Å²) in [7, 11) is 1.92. The number of aliphatic imine (C=N–C) groups is 1. The largest absolute Gasteiger partial charge is 0.356 e. The lowest BCUT2D eigenvalue weighted by Crippen LogP contribution is -2.44. The van der Waals surface area contributed by atoms with Crippen LogP contribution in [0.4, 0.5) is 0 Å². The number of nitrogens with one attached hydrogen (secondary N) is 1. The fraction of sp³-hybridized carbons (Fsp3) is 0.522. The van der Waals surface area contributed by atoms with Crippen LogP contribution in [0.1, 0.15) is 35.6 Å². The molecule has 1 aromatic heterocycles. The normalized spacial score (nSPS) is 21.2. The number of rotatable bonds is 5. The monoisotopic (exact) mass is 524 g/mol. The van der Waals surface area contributed by atoms with Crippen molar-refractivity contribution in [3.63, 3.8) is 0 Å². The third-order valence-corrected chi connectivity index (χ3v) is 7.05. The van der Waals surface area contributed by atoms with Crippen LogP contribution in [0.5, 0.6) is 0 Å². The van der Waals surface area contributed by atoms with Gasteiger partial charge in [-0.05, 0) is 55.3 Å². The van der Waals surface area contributed by atoms with Crippen LogP contribution in [0, 0.1) is 5.92 Å². The smallest absolute Gasteiger partial charge is 0.193 e. The first-order chi connectivity index (χ1) is 13.8. The van der Waals surface area contributed by atoms with Gasteiger partial charge in [0.1, 0.15) is 0 Å². The molecule has 2 aromatic rings. The summed E-state index contributed by atoms with van der Waals surface area (Å²) in [5.74, 6) is 2.46. The van der Waals surface area contributed by atoms with Crippen molar-refractivity contribution in [2.75, 3.05) is 39.8 Å². The molecule has 158 valence electrons. The van der Waals surface area contributed by atoms with Gasteiger partial charge >= 0.3 is 0 Å². The van der Waals surface area contributed by atoms with E-state index in [4.69, 9.17) is 0 Å². The number of halogens is 1. The summed E-state index contributed by atoms with van der Waals surface area (Å²) in [4.78, 5) is 11.1. The standard InChI is InChI=1S/C23H32N4S.HI/c1-24-23(27-14-11-21(17-27)20-6-3-2-4-7-20)25-16-19-9-12-26(13-10-19)18-22-8-5-15-28-22;/h2-8,15,19,21H,9-14,16-18H2,1H3,(H,24,25);1H. The molecule has 2 fully saturated rings. The Labute approximate surface area is 196 Å². The Morgan fingerprint density at radius 3 is 2.55 bits per heavy atom. The number of nitrogens with zero attached hydrogens (tertiary/aromatic N) is 3. The van der Waals surface area contributed by atoms with E-state index in [0.29, 0.717) is 5.92 Å². The van der Waals surface area contributed by atoms with Crippen LogP contribution < -0.4 is 5.32 Å². The van der Waals surface area contributed by atoms with Crippen molar-refractivity contribution in [1.82, 2.24) is 15.1 Å². The fourth-order valence-electron chi connectivity index (χ4n) is 4.49. The van der Waals surface area contributed by atoms with Gasteiger partial charge in [-0.2, -0.15) is 0 Å². The Balaban J connectivity index is 0.00000240. The molecule has 1 unspecified atom stereocenters. The Morgan fingerprint density at radius 1 is 1.07 bits per heavy atom. The highest BCUT2D eigenvalue weighted by molar-refractivity contribution is 14.0. The molecule has 4 rings (SSSR count). The maximum atomic E-state index is 4.57. The summed E-state index contributed by atoms with van der Waals surface area (Å²) in [5, 5.41) is 5.85. The second-order valence-corrected chi connectivity index (χ2v) is 9.10. The van der Waals surface area contributed by atoms with Gasteiger partial charge in [0.25, 0.3) is 0 Å².